The smallest absolute Gasteiger partial charge is 0.220 e. The van der Waals surface area contributed by atoms with Gasteiger partial charge in [-0.25, -0.2) is 0 Å². The minimum atomic E-state index is -0.903. The first-order chi connectivity index (χ1) is 15.9. The van der Waals surface area contributed by atoms with Crippen LogP contribution in [0.1, 0.15) is 49.3 Å². The Bertz CT molecular complexity index is 1290. The number of amides is 1. The molecular formula is C27H27N3O3. The predicted molar refractivity (Wildman–Crippen MR) is 127 cm³/mol. The maximum absolute atomic E-state index is 13.9. The van der Waals surface area contributed by atoms with Gasteiger partial charge in [0.1, 0.15) is 5.76 Å². The minimum absolute atomic E-state index is 0.0209. The average molecular weight is 442 g/mol. The molecule has 0 radical (unpaired) electrons. The van der Waals surface area contributed by atoms with E-state index in [4.69, 9.17) is 10.5 Å². The van der Waals surface area contributed by atoms with E-state index in [9.17, 15) is 9.59 Å². The first-order valence-corrected chi connectivity index (χ1v) is 11.4. The summed E-state index contributed by atoms with van der Waals surface area (Å²) in [6, 6.07) is 13.7. The van der Waals surface area contributed by atoms with Gasteiger partial charge in [-0.2, -0.15) is 0 Å². The van der Waals surface area contributed by atoms with E-state index in [1.807, 2.05) is 56.3 Å². The van der Waals surface area contributed by atoms with Crippen LogP contribution in [-0.2, 0) is 14.3 Å². The van der Waals surface area contributed by atoms with Gasteiger partial charge in [0.15, 0.2) is 5.60 Å². The summed E-state index contributed by atoms with van der Waals surface area (Å²) in [6.07, 6.45) is 5.92. The number of benzene rings is 2. The molecule has 1 aromatic heterocycles. The Balaban J connectivity index is 1.56. The van der Waals surface area contributed by atoms with Gasteiger partial charge in [-0.3, -0.25) is 19.6 Å². The number of carbonyl (C=O) groups excluding carboxylic acids is 2. The van der Waals surface area contributed by atoms with Crippen LogP contribution in [0.3, 0.4) is 0 Å². The number of fused-ring (bicyclic) bond motifs is 1. The Kier molecular flexibility index (Phi) is 5.23. The van der Waals surface area contributed by atoms with E-state index < -0.39 is 5.60 Å². The number of ketones is 1. The lowest BCUT2D eigenvalue weighted by Crippen LogP contribution is -2.43. The van der Waals surface area contributed by atoms with Crippen LogP contribution in [-0.4, -0.2) is 27.3 Å². The Hall–Kier alpha value is -3.54. The molecule has 3 aromatic rings. The lowest BCUT2D eigenvalue weighted by Gasteiger charge is -2.37. The number of aromatic nitrogens is 2. The SMILES string of the molecule is Cc1cccc(C2=C(c3ccc4nccnc4c3)OC3(CCC(C(C)C(N)=O)CC3)C2=O)c1. The summed E-state index contributed by atoms with van der Waals surface area (Å²) in [4.78, 5) is 34.4. The normalized spacial score (nSPS) is 23.7. The molecule has 168 valence electrons. The molecule has 1 aliphatic heterocycles. The quantitative estimate of drug-likeness (QED) is 0.645. The van der Waals surface area contributed by atoms with Crippen molar-refractivity contribution in [3.05, 3.63) is 71.5 Å². The fourth-order valence-corrected chi connectivity index (χ4v) is 5.16. The first kappa shape index (κ1) is 21.3. The molecule has 1 aliphatic carbocycles. The number of nitrogens with two attached hydrogens (primary N) is 1. The fraction of sp³-hybridized carbons (Fsp3) is 0.333. The third kappa shape index (κ3) is 3.69. The predicted octanol–water partition coefficient (Wildman–Crippen LogP) is 4.46. The second kappa shape index (κ2) is 8.10. The van der Waals surface area contributed by atoms with Gasteiger partial charge in [0.2, 0.25) is 11.7 Å². The van der Waals surface area contributed by atoms with Crippen molar-refractivity contribution in [2.24, 2.45) is 17.6 Å². The first-order valence-electron chi connectivity index (χ1n) is 11.4. The molecule has 2 aromatic carbocycles. The summed E-state index contributed by atoms with van der Waals surface area (Å²) < 4.78 is 6.60. The van der Waals surface area contributed by atoms with Gasteiger partial charge in [-0.05, 0) is 62.3 Å². The zero-order valence-electron chi connectivity index (χ0n) is 18.9. The van der Waals surface area contributed by atoms with Crippen molar-refractivity contribution < 1.29 is 14.3 Å². The van der Waals surface area contributed by atoms with Crippen molar-refractivity contribution in [3.8, 4) is 0 Å². The average Bonchev–Trinajstić information content (AvgIpc) is 3.10. The number of rotatable bonds is 4. The highest BCUT2D eigenvalue weighted by Gasteiger charge is 2.52. The summed E-state index contributed by atoms with van der Waals surface area (Å²) in [7, 11) is 0. The zero-order valence-corrected chi connectivity index (χ0v) is 18.9. The number of carbonyl (C=O) groups is 2. The molecule has 33 heavy (non-hydrogen) atoms. The summed E-state index contributed by atoms with van der Waals surface area (Å²) in [6.45, 7) is 3.89. The van der Waals surface area contributed by atoms with Crippen molar-refractivity contribution in [1.82, 2.24) is 9.97 Å². The molecule has 2 heterocycles. The zero-order chi connectivity index (χ0) is 23.2. The van der Waals surface area contributed by atoms with Crippen molar-refractivity contribution in [2.45, 2.75) is 45.1 Å². The summed E-state index contributed by atoms with van der Waals surface area (Å²) in [5, 5.41) is 0. The Labute approximate surface area is 192 Å². The highest BCUT2D eigenvalue weighted by Crippen LogP contribution is 2.50. The maximum atomic E-state index is 13.9. The highest BCUT2D eigenvalue weighted by atomic mass is 16.5. The van der Waals surface area contributed by atoms with Crippen LogP contribution in [0.25, 0.3) is 22.4 Å². The van der Waals surface area contributed by atoms with Crippen LogP contribution >= 0.6 is 0 Å². The Morgan fingerprint density at radius 2 is 1.79 bits per heavy atom. The van der Waals surface area contributed by atoms with Crippen LogP contribution in [0, 0.1) is 18.8 Å². The van der Waals surface area contributed by atoms with Crippen LogP contribution < -0.4 is 5.73 Å². The van der Waals surface area contributed by atoms with Crippen molar-refractivity contribution in [2.75, 3.05) is 0 Å². The molecule has 0 bridgehead atoms. The van der Waals surface area contributed by atoms with Crippen molar-refractivity contribution in [3.63, 3.8) is 0 Å². The molecular weight excluding hydrogens is 414 g/mol. The molecule has 2 aliphatic rings. The van der Waals surface area contributed by atoms with Gasteiger partial charge in [-0.1, -0.05) is 36.8 Å². The minimum Gasteiger partial charge on any atom is -0.478 e. The van der Waals surface area contributed by atoms with E-state index >= 15 is 0 Å². The monoisotopic (exact) mass is 441 g/mol. The second-order valence-electron chi connectivity index (χ2n) is 9.29. The number of hydrogen-bond donors (Lipinski definition) is 1. The largest absolute Gasteiger partial charge is 0.478 e. The third-order valence-corrected chi connectivity index (χ3v) is 7.20. The molecule has 1 amide bonds. The van der Waals surface area contributed by atoms with Gasteiger partial charge in [0, 0.05) is 23.9 Å². The fourth-order valence-electron chi connectivity index (χ4n) is 5.16. The van der Waals surface area contributed by atoms with E-state index in [0.717, 1.165) is 40.6 Å². The molecule has 1 spiro atoms. The second-order valence-corrected chi connectivity index (χ2v) is 9.29. The molecule has 2 N–H and O–H groups in total. The lowest BCUT2D eigenvalue weighted by atomic mass is 9.71. The molecule has 1 saturated carbocycles. The van der Waals surface area contributed by atoms with Gasteiger partial charge in [0.05, 0.1) is 16.6 Å². The lowest BCUT2D eigenvalue weighted by molar-refractivity contribution is -0.133. The highest BCUT2D eigenvalue weighted by molar-refractivity contribution is 6.33. The van der Waals surface area contributed by atoms with Crippen LogP contribution in [0.5, 0.6) is 0 Å². The van der Waals surface area contributed by atoms with E-state index in [-0.39, 0.29) is 23.5 Å². The van der Waals surface area contributed by atoms with E-state index in [1.54, 1.807) is 12.4 Å². The molecule has 1 atom stereocenters. The van der Waals surface area contributed by atoms with Gasteiger partial charge in [-0.15, -0.1) is 0 Å². The van der Waals surface area contributed by atoms with Gasteiger partial charge < -0.3 is 10.5 Å². The number of primary amides is 1. The Morgan fingerprint density at radius 1 is 1.06 bits per heavy atom. The van der Waals surface area contributed by atoms with E-state index in [1.165, 1.54) is 0 Å². The van der Waals surface area contributed by atoms with Crippen LogP contribution in [0.4, 0.5) is 0 Å². The summed E-state index contributed by atoms with van der Waals surface area (Å²) in [5.74, 6) is 0.298. The molecule has 1 fully saturated rings. The topological polar surface area (TPSA) is 95.2 Å². The molecule has 6 nitrogen and oxygen atoms in total. The molecule has 0 saturated heterocycles. The molecule has 1 unspecified atom stereocenters. The third-order valence-electron chi connectivity index (χ3n) is 7.20. The van der Waals surface area contributed by atoms with E-state index in [0.29, 0.717) is 24.2 Å². The number of aryl methyl sites for hydroxylation is 1. The number of Topliss-reactive ketones (excluding diaryl/α,β-unsaturated/α-hetero) is 1. The van der Waals surface area contributed by atoms with Gasteiger partial charge >= 0.3 is 0 Å². The number of hydrogen-bond acceptors (Lipinski definition) is 5. The van der Waals surface area contributed by atoms with E-state index in [2.05, 4.69) is 9.97 Å². The summed E-state index contributed by atoms with van der Waals surface area (Å²) >= 11 is 0. The number of nitrogens with zero attached hydrogens (tertiary/aromatic N) is 2. The van der Waals surface area contributed by atoms with Crippen molar-refractivity contribution in [1.29, 1.82) is 0 Å². The van der Waals surface area contributed by atoms with Crippen molar-refractivity contribution >= 4 is 34.1 Å². The molecule has 5 rings (SSSR count). The van der Waals surface area contributed by atoms with Crippen LogP contribution in [0.2, 0.25) is 0 Å². The molecule has 6 heteroatoms. The standard InChI is InChI=1S/C27H27N3O3/c1-16-4-3-5-19(14-16)23-24(20-6-7-21-22(15-20)30-13-12-29-21)33-27(25(23)31)10-8-18(9-11-27)17(2)26(28)32/h3-7,12-15,17-18H,8-11H2,1-2H3,(H2,28,32). The maximum Gasteiger partial charge on any atom is 0.220 e. The summed E-state index contributed by atoms with van der Waals surface area (Å²) in [5.41, 5.74) is 9.55. The van der Waals surface area contributed by atoms with Crippen LogP contribution in [0.15, 0.2) is 54.9 Å². The number of ether oxygens (including phenoxy) is 1. The van der Waals surface area contributed by atoms with Gasteiger partial charge in [0.25, 0.3) is 0 Å². The Morgan fingerprint density at radius 3 is 2.48 bits per heavy atom.